The Kier molecular flexibility index (Phi) is 4.85. The third-order valence-corrected chi connectivity index (χ3v) is 4.54. The molecule has 3 N–H and O–H groups in total. The molecule has 0 saturated carbocycles. The minimum atomic E-state index is -0.869. The molecule has 126 valence electrons. The topological polar surface area (TPSA) is 68.2 Å². The molecule has 0 radical (unpaired) electrons. The molecule has 4 heteroatoms. The predicted molar refractivity (Wildman–Crippen MR) is 95.4 cm³/mol. The number of fused-ring (bicyclic) bond motifs is 1. The largest absolute Gasteiger partial charge is 0.478 e. The van der Waals surface area contributed by atoms with Gasteiger partial charge in [0.2, 0.25) is 0 Å². The van der Waals surface area contributed by atoms with Gasteiger partial charge >= 0.3 is 5.97 Å². The fraction of sp³-hybridized carbons (Fsp3) is 0.526. The van der Waals surface area contributed by atoms with Gasteiger partial charge in [0.05, 0.1) is 11.1 Å². The normalized spacial score (nSPS) is 12.1. The van der Waals surface area contributed by atoms with Crippen molar-refractivity contribution >= 4 is 16.9 Å². The number of benzene rings is 1. The lowest BCUT2D eigenvalue weighted by Crippen LogP contribution is -2.16. The fourth-order valence-corrected chi connectivity index (χ4v) is 3.35. The number of hydrogen-bond donors (Lipinski definition) is 2. The van der Waals surface area contributed by atoms with Crippen molar-refractivity contribution in [2.75, 3.05) is 6.54 Å². The summed E-state index contributed by atoms with van der Waals surface area (Å²) in [6.07, 6.45) is 1.81. The number of rotatable bonds is 5. The summed E-state index contributed by atoms with van der Waals surface area (Å²) in [5, 5.41) is 10.6. The zero-order valence-corrected chi connectivity index (χ0v) is 14.9. The van der Waals surface area contributed by atoms with Crippen molar-refractivity contribution in [1.82, 2.24) is 4.57 Å². The van der Waals surface area contributed by atoms with Crippen LogP contribution >= 0.6 is 0 Å². The summed E-state index contributed by atoms with van der Waals surface area (Å²) in [6.45, 7) is 12.2. The molecule has 0 aliphatic heterocycles. The summed E-state index contributed by atoms with van der Waals surface area (Å²) in [4.78, 5) is 11.6. The first kappa shape index (κ1) is 17.5. The molecule has 1 aromatic heterocycles. The molecule has 0 amide bonds. The predicted octanol–water partition coefficient (Wildman–Crippen LogP) is 3.86. The lowest BCUT2D eigenvalue weighted by molar-refractivity contribution is 0.0697. The molecule has 0 fully saturated rings. The minimum absolute atomic E-state index is 0.125. The summed E-state index contributed by atoms with van der Waals surface area (Å²) in [7, 11) is 0. The minimum Gasteiger partial charge on any atom is -0.478 e. The van der Waals surface area contributed by atoms with Gasteiger partial charge in [-0.05, 0) is 55.0 Å². The van der Waals surface area contributed by atoms with Crippen LogP contribution in [0.15, 0.2) is 12.1 Å². The number of carboxylic acid groups (broad SMARTS) is 1. The van der Waals surface area contributed by atoms with Crippen LogP contribution in [-0.2, 0) is 18.4 Å². The zero-order chi connectivity index (χ0) is 17.4. The molecule has 2 rings (SSSR count). The number of aryl methyl sites for hydroxylation is 2. The average Bonchev–Trinajstić information content (AvgIpc) is 2.74. The fourth-order valence-electron chi connectivity index (χ4n) is 3.35. The van der Waals surface area contributed by atoms with Gasteiger partial charge in [-0.1, -0.05) is 27.7 Å². The van der Waals surface area contributed by atoms with Gasteiger partial charge in [-0.3, -0.25) is 0 Å². The Hall–Kier alpha value is -1.81. The van der Waals surface area contributed by atoms with Gasteiger partial charge in [-0.2, -0.15) is 0 Å². The second-order valence-electron chi connectivity index (χ2n) is 7.19. The van der Waals surface area contributed by atoms with E-state index in [4.69, 9.17) is 5.73 Å². The summed E-state index contributed by atoms with van der Waals surface area (Å²) < 4.78 is 2.33. The second kappa shape index (κ2) is 6.36. The standard InChI is InChI=1S/C19H28N2O2/c1-6-14-12(2)21(9-7-8-20)17-15(14)10-13(18(22)23)11-16(17)19(3,4)5/h10-11H,6-9,20H2,1-5H3,(H,22,23). The van der Waals surface area contributed by atoms with E-state index >= 15 is 0 Å². The van der Waals surface area contributed by atoms with Gasteiger partial charge in [0.1, 0.15) is 0 Å². The third-order valence-electron chi connectivity index (χ3n) is 4.54. The molecule has 4 nitrogen and oxygen atoms in total. The molecule has 0 atom stereocenters. The highest BCUT2D eigenvalue weighted by atomic mass is 16.4. The Morgan fingerprint density at radius 1 is 1.30 bits per heavy atom. The van der Waals surface area contributed by atoms with Crippen LogP contribution in [-0.4, -0.2) is 22.2 Å². The van der Waals surface area contributed by atoms with Crippen molar-refractivity contribution in [1.29, 1.82) is 0 Å². The number of nitrogens with zero attached hydrogens (tertiary/aromatic N) is 1. The molecule has 0 spiro atoms. The molecule has 0 saturated heterocycles. The van der Waals surface area contributed by atoms with Crippen LogP contribution in [0.1, 0.15) is 61.3 Å². The van der Waals surface area contributed by atoms with Crippen LogP contribution in [0.4, 0.5) is 0 Å². The number of aromatic nitrogens is 1. The Balaban J connectivity index is 2.91. The van der Waals surface area contributed by atoms with Crippen molar-refractivity contribution < 1.29 is 9.90 Å². The van der Waals surface area contributed by atoms with Crippen molar-refractivity contribution in [2.24, 2.45) is 5.73 Å². The van der Waals surface area contributed by atoms with E-state index in [-0.39, 0.29) is 5.41 Å². The van der Waals surface area contributed by atoms with Gasteiger partial charge in [0, 0.05) is 17.6 Å². The Morgan fingerprint density at radius 2 is 1.96 bits per heavy atom. The van der Waals surface area contributed by atoms with Gasteiger partial charge < -0.3 is 15.4 Å². The van der Waals surface area contributed by atoms with E-state index in [0.717, 1.165) is 30.3 Å². The first-order valence-corrected chi connectivity index (χ1v) is 8.31. The molecule has 23 heavy (non-hydrogen) atoms. The maximum Gasteiger partial charge on any atom is 0.335 e. The number of carboxylic acids is 1. The SMILES string of the molecule is CCc1c(C)n(CCCN)c2c(C(C)(C)C)cc(C(=O)O)cc12. The third kappa shape index (κ3) is 3.13. The molecule has 0 unspecified atom stereocenters. The van der Waals surface area contributed by atoms with E-state index in [2.05, 4.69) is 39.2 Å². The Labute approximate surface area is 138 Å². The Morgan fingerprint density at radius 3 is 2.43 bits per heavy atom. The van der Waals surface area contributed by atoms with Crippen molar-refractivity contribution in [3.05, 3.63) is 34.5 Å². The van der Waals surface area contributed by atoms with Gasteiger partial charge in [0.25, 0.3) is 0 Å². The molecule has 1 heterocycles. The first-order chi connectivity index (χ1) is 10.7. The van der Waals surface area contributed by atoms with E-state index in [1.54, 1.807) is 0 Å². The van der Waals surface area contributed by atoms with Crippen molar-refractivity contribution in [3.8, 4) is 0 Å². The molecule has 2 aromatic rings. The summed E-state index contributed by atoms with van der Waals surface area (Å²) in [5.74, 6) is -0.869. The van der Waals surface area contributed by atoms with Crippen LogP contribution in [0.2, 0.25) is 0 Å². The van der Waals surface area contributed by atoms with Gasteiger partial charge in [-0.25, -0.2) is 4.79 Å². The summed E-state index contributed by atoms with van der Waals surface area (Å²) in [6, 6.07) is 3.67. The molecule has 0 bridgehead atoms. The molecule has 0 aliphatic carbocycles. The average molecular weight is 316 g/mol. The van der Waals surface area contributed by atoms with E-state index in [1.807, 2.05) is 12.1 Å². The summed E-state index contributed by atoms with van der Waals surface area (Å²) in [5.41, 5.74) is 10.7. The molecule has 0 aliphatic rings. The van der Waals surface area contributed by atoms with E-state index in [0.29, 0.717) is 12.1 Å². The maximum atomic E-state index is 11.6. The highest BCUT2D eigenvalue weighted by Crippen LogP contribution is 2.36. The summed E-state index contributed by atoms with van der Waals surface area (Å²) >= 11 is 0. The number of carbonyl (C=O) groups is 1. The van der Waals surface area contributed by atoms with Crippen LogP contribution in [0.3, 0.4) is 0 Å². The molecular formula is C19H28N2O2. The van der Waals surface area contributed by atoms with Crippen molar-refractivity contribution in [3.63, 3.8) is 0 Å². The van der Waals surface area contributed by atoms with Crippen LogP contribution in [0.25, 0.3) is 10.9 Å². The highest BCUT2D eigenvalue weighted by Gasteiger charge is 2.25. The number of nitrogens with two attached hydrogens (primary N) is 1. The number of aromatic carboxylic acids is 1. The zero-order valence-electron chi connectivity index (χ0n) is 14.9. The Bertz CT molecular complexity index is 736. The number of hydrogen-bond acceptors (Lipinski definition) is 2. The van der Waals surface area contributed by atoms with Gasteiger partial charge in [-0.15, -0.1) is 0 Å². The van der Waals surface area contributed by atoms with Crippen LogP contribution in [0.5, 0.6) is 0 Å². The lowest BCUT2D eigenvalue weighted by Gasteiger charge is -2.23. The maximum absolute atomic E-state index is 11.6. The van der Waals surface area contributed by atoms with Crippen LogP contribution < -0.4 is 5.73 Å². The monoisotopic (exact) mass is 316 g/mol. The van der Waals surface area contributed by atoms with E-state index in [9.17, 15) is 9.90 Å². The smallest absolute Gasteiger partial charge is 0.335 e. The molecular weight excluding hydrogens is 288 g/mol. The van der Waals surface area contributed by atoms with Crippen LogP contribution in [0, 0.1) is 6.92 Å². The van der Waals surface area contributed by atoms with Gasteiger partial charge in [0.15, 0.2) is 0 Å². The van der Waals surface area contributed by atoms with Crippen molar-refractivity contribution in [2.45, 2.75) is 59.4 Å². The van der Waals surface area contributed by atoms with E-state index in [1.165, 1.54) is 16.8 Å². The lowest BCUT2D eigenvalue weighted by atomic mass is 9.84. The first-order valence-electron chi connectivity index (χ1n) is 8.31. The highest BCUT2D eigenvalue weighted by molar-refractivity contribution is 5.97. The second-order valence-corrected chi connectivity index (χ2v) is 7.19. The quantitative estimate of drug-likeness (QED) is 0.880. The van der Waals surface area contributed by atoms with E-state index < -0.39 is 5.97 Å². The molecule has 1 aromatic carbocycles.